The first kappa shape index (κ1) is 27.8. The molecule has 160 valence electrons. The van der Waals surface area contributed by atoms with E-state index < -0.39 is 0 Å². The second-order valence-corrected chi connectivity index (χ2v) is 5.38. The summed E-state index contributed by atoms with van der Waals surface area (Å²) >= 11 is 0. The van der Waals surface area contributed by atoms with Crippen LogP contribution in [-0.4, -0.2) is 57.5 Å². The largest absolute Gasteiger partial charge is 0.497 e. The van der Waals surface area contributed by atoms with Crippen molar-refractivity contribution >= 4 is 29.3 Å². The van der Waals surface area contributed by atoms with Crippen LogP contribution in [0.3, 0.4) is 0 Å². The highest BCUT2D eigenvalue weighted by atomic mass is 16.5. The molecule has 1 aliphatic rings. The summed E-state index contributed by atoms with van der Waals surface area (Å²) < 4.78 is 9.05. The molecule has 1 aliphatic heterocycles. The van der Waals surface area contributed by atoms with E-state index in [0.717, 1.165) is 17.1 Å². The van der Waals surface area contributed by atoms with Crippen molar-refractivity contribution in [3.05, 3.63) is 18.2 Å². The molecule has 0 radical (unpaired) electrons. The predicted octanol–water partition coefficient (Wildman–Crippen LogP) is 3.65. The first-order valence-corrected chi connectivity index (χ1v) is 9.56. The van der Waals surface area contributed by atoms with Crippen molar-refractivity contribution in [3.8, 4) is 5.75 Å². The van der Waals surface area contributed by atoms with Gasteiger partial charge in [-0.25, -0.2) is 4.99 Å². The minimum Gasteiger partial charge on any atom is -0.497 e. The summed E-state index contributed by atoms with van der Waals surface area (Å²) in [5.74, 6) is 0.511. The van der Waals surface area contributed by atoms with Gasteiger partial charge in [-0.1, -0.05) is 34.6 Å². The molecule has 7 heteroatoms. The number of rotatable bonds is 6. The highest BCUT2D eigenvalue weighted by Gasteiger charge is 2.25. The van der Waals surface area contributed by atoms with Gasteiger partial charge in [0.25, 0.3) is 6.47 Å². The number of hydrogen-bond acceptors (Lipinski definition) is 7. The van der Waals surface area contributed by atoms with Crippen molar-refractivity contribution in [1.29, 1.82) is 0 Å². The summed E-state index contributed by atoms with van der Waals surface area (Å²) in [7, 11) is 4.85. The minimum atomic E-state index is -0.209. The minimum absolute atomic E-state index is 0.000583. The number of benzene rings is 1. The Morgan fingerprint density at radius 1 is 1.29 bits per heavy atom. The van der Waals surface area contributed by atoms with Crippen molar-refractivity contribution in [1.82, 2.24) is 0 Å². The van der Waals surface area contributed by atoms with E-state index >= 15 is 0 Å². The molecule has 0 saturated heterocycles. The monoisotopic (exact) mass is 396 g/mol. The Kier molecular flexibility index (Phi) is 16.6. The van der Waals surface area contributed by atoms with Crippen LogP contribution in [0.1, 0.15) is 41.0 Å². The quantitative estimate of drug-likeness (QED) is 0.739. The molecule has 0 aliphatic carbocycles. The Morgan fingerprint density at radius 3 is 2.32 bits per heavy atom. The number of anilines is 1. The predicted molar refractivity (Wildman–Crippen MR) is 115 cm³/mol. The van der Waals surface area contributed by atoms with Gasteiger partial charge < -0.3 is 19.5 Å². The van der Waals surface area contributed by atoms with Gasteiger partial charge >= 0.3 is 0 Å². The van der Waals surface area contributed by atoms with Crippen molar-refractivity contribution in [2.75, 3.05) is 39.3 Å². The number of aliphatic imine (C=N–C) groups is 1. The molecule has 7 nitrogen and oxygen atoms in total. The lowest BCUT2D eigenvalue weighted by Crippen LogP contribution is -2.35. The van der Waals surface area contributed by atoms with Gasteiger partial charge in [-0.2, -0.15) is 0 Å². The smallest absolute Gasteiger partial charge is 0.292 e. The van der Waals surface area contributed by atoms with Crippen molar-refractivity contribution in [2.24, 2.45) is 10.9 Å². The number of hydrogen-bond donors (Lipinski definition) is 1. The van der Waals surface area contributed by atoms with E-state index in [2.05, 4.69) is 9.73 Å². The zero-order chi connectivity index (χ0) is 22.1. The molecule has 1 unspecified atom stereocenters. The van der Waals surface area contributed by atoms with Crippen LogP contribution in [0.5, 0.6) is 5.75 Å². The average molecular weight is 397 g/mol. The first-order valence-electron chi connectivity index (χ1n) is 9.56. The number of Topliss-reactive ketones (excluding diaryl/α,β-unsaturated/α-hetero) is 1. The van der Waals surface area contributed by atoms with Crippen molar-refractivity contribution in [2.45, 2.75) is 41.0 Å². The van der Waals surface area contributed by atoms with Crippen LogP contribution in [0.2, 0.25) is 0 Å². The summed E-state index contributed by atoms with van der Waals surface area (Å²) in [6, 6.07) is 5.65. The lowest BCUT2D eigenvalue weighted by atomic mass is 9.98. The van der Waals surface area contributed by atoms with E-state index in [-0.39, 0.29) is 18.3 Å². The van der Waals surface area contributed by atoms with Crippen LogP contribution in [0.15, 0.2) is 23.2 Å². The maximum atomic E-state index is 12.3. The lowest BCUT2D eigenvalue weighted by molar-refractivity contribution is -0.126. The molecule has 0 bridgehead atoms. The SMILES string of the molecule is CC.CC.COC=O.COc1ccc2c(c1)N=C(C(=O)C(C)CCO)CN2C. The third kappa shape index (κ3) is 8.99. The molecular weight excluding hydrogens is 360 g/mol. The number of methoxy groups -OCH3 is 2. The summed E-state index contributed by atoms with van der Waals surface area (Å²) in [5.41, 5.74) is 2.27. The van der Waals surface area contributed by atoms with Gasteiger partial charge in [0, 0.05) is 25.6 Å². The molecule has 1 atom stereocenters. The Labute approximate surface area is 169 Å². The Bertz CT molecular complexity index is 602. The van der Waals surface area contributed by atoms with Gasteiger partial charge in [0.2, 0.25) is 0 Å². The van der Waals surface area contributed by atoms with E-state index in [1.54, 1.807) is 7.11 Å². The average Bonchev–Trinajstić information content (AvgIpc) is 2.75. The number of carbonyl (C=O) groups excluding carboxylic acids is 2. The molecular formula is C21H36N2O5. The molecule has 0 fully saturated rings. The summed E-state index contributed by atoms with van der Waals surface area (Å²) in [5, 5.41) is 8.94. The zero-order valence-electron chi connectivity index (χ0n) is 18.5. The Morgan fingerprint density at radius 2 is 1.86 bits per heavy atom. The summed E-state index contributed by atoms with van der Waals surface area (Å²) in [4.78, 5) is 27.7. The van der Waals surface area contributed by atoms with Crippen molar-refractivity contribution in [3.63, 3.8) is 0 Å². The zero-order valence-corrected chi connectivity index (χ0v) is 18.5. The summed E-state index contributed by atoms with van der Waals surface area (Å²) in [6.45, 7) is 10.7. The molecule has 1 aromatic rings. The number of ketones is 1. The molecule has 1 aromatic carbocycles. The van der Waals surface area contributed by atoms with E-state index in [4.69, 9.17) is 14.6 Å². The maximum Gasteiger partial charge on any atom is 0.292 e. The molecule has 2 rings (SSSR count). The van der Waals surface area contributed by atoms with E-state index in [0.29, 0.717) is 25.1 Å². The molecule has 0 aromatic heterocycles. The van der Waals surface area contributed by atoms with Gasteiger partial charge in [-0.05, 0) is 18.6 Å². The molecule has 0 spiro atoms. The Balaban J connectivity index is 0. The highest BCUT2D eigenvalue weighted by molar-refractivity contribution is 6.42. The van der Waals surface area contributed by atoms with Crippen LogP contribution < -0.4 is 9.64 Å². The van der Waals surface area contributed by atoms with Crippen LogP contribution in [0, 0.1) is 5.92 Å². The van der Waals surface area contributed by atoms with E-state index in [1.807, 2.05) is 64.8 Å². The molecule has 1 heterocycles. The fourth-order valence-corrected chi connectivity index (χ4v) is 2.28. The van der Waals surface area contributed by atoms with E-state index in [1.165, 1.54) is 7.11 Å². The van der Waals surface area contributed by atoms with Crippen LogP contribution in [0.25, 0.3) is 0 Å². The van der Waals surface area contributed by atoms with Crippen LogP contribution >= 0.6 is 0 Å². The third-order valence-electron chi connectivity index (χ3n) is 3.63. The maximum absolute atomic E-state index is 12.3. The normalized spacial score (nSPS) is 12.2. The van der Waals surface area contributed by atoms with Gasteiger partial charge in [-0.15, -0.1) is 0 Å². The fourth-order valence-electron chi connectivity index (χ4n) is 2.28. The number of carbonyl (C=O) groups is 2. The molecule has 0 saturated carbocycles. The summed E-state index contributed by atoms with van der Waals surface area (Å²) in [6.07, 6.45) is 0.465. The number of nitrogens with zero attached hydrogens (tertiary/aromatic N) is 2. The van der Waals surface area contributed by atoms with Gasteiger partial charge in [0.1, 0.15) is 11.5 Å². The third-order valence-corrected chi connectivity index (χ3v) is 3.63. The number of ether oxygens (including phenoxy) is 2. The Hall–Kier alpha value is -2.41. The van der Waals surface area contributed by atoms with Gasteiger partial charge in [-0.3, -0.25) is 9.59 Å². The second-order valence-electron chi connectivity index (χ2n) is 5.38. The second kappa shape index (κ2) is 16.7. The lowest BCUT2D eigenvalue weighted by Gasteiger charge is -2.27. The number of aliphatic hydroxyl groups excluding tert-OH is 1. The molecule has 28 heavy (non-hydrogen) atoms. The number of fused-ring (bicyclic) bond motifs is 1. The van der Waals surface area contributed by atoms with E-state index in [9.17, 15) is 4.79 Å². The first-order chi connectivity index (χ1) is 13.5. The topological polar surface area (TPSA) is 88.4 Å². The molecule has 0 amide bonds. The number of aliphatic hydroxyl groups is 1. The standard InChI is InChI=1S/C15H20N2O3.C2H4O2.2C2H6/c1-10(6-7-18)15(19)13-9-17(2)14-5-4-11(20-3)8-12(14)16-13;1-4-2-3;2*1-2/h4-5,8,10,18H,6-7,9H2,1-3H3;2H,1H3;2*1-2H3. The van der Waals surface area contributed by atoms with Gasteiger partial charge in [0.15, 0.2) is 5.78 Å². The fraction of sp³-hybridized carbons (Fsp3) is 0.571. The molecule has 1 N–H and O–H groups in total. The van der Waals surface area contributed by atoms with Crippen LogP contribution in [0.4, 0.5) is 11.4 Å². The highest BCUT2D eigenvalue weighted by Crippen LogP contribution is 2.35. The van der Waals surface area contributed by atoms with Crippen LogP contribution in [-0.2, 0) is 14.3 Å². The van der Waals surface area contributed by atoms with Gasteiger partial charge in [0.05, 0.1) is 32.1 Å². The van der Waals surface area contributed by atoms with Crippen molar-refractivity contribution < 1.29 is 24.2 Å².